The molecule has 0 atom stereocenters. The van der Waals surface area contributed by atoms with Crippen molar-refractivity contribution in [2.75, 3.05) is 0 Å². The third kappa shape index (κ3) is 8.82. The quantitative estimate of drug-likeness (QED) is 0.442. The molecule has 0 N–H and O–H groups in total. The molecule has 0 unspecified atom stereocenters. The molecule has 0 rings (SSSR count). The molecule has 0 saturated heterocycles. The Bertz CT molecular complexity index is 8.00. The van der Waals surface area contributed by atoms with Crippen LogP contribution in [0.15, 0.2) is 0 Å². The van der Waals surface area contributed by atoms with Crippen LogP contribution in [-0.2, 0) is 19.5 Å². The zero-order chi connectivity index (χ0) is 0. The first kappa shape index (κ1) is 31.6. The fraction of sp³-hybridized carbons (Fsp3) is 0. The van der Waals surface area contributed by atoms with Gasteiger partial charge in [0.1, 0.15) is 0 Å². The van der Waals surface area contributed by atoms with Crippen molar-refractivity contribution in [3.63, 3.8) is 0 Å². The molecule has 0 aliphatic carbocycles. The molecule has 0 nitrogen and oxygen atoms in total. The van der Waals surface area contributed by atoms with Crippen LogP contribution in [0.1, 0.15) is 0 Å². The van der Waals surface area contributed by atoms with Gasteiger partial charge in [-0.3, -0.25) is 0 Å². The Morgan fingerprint density at radius 1 is 1.00 bits per heavy atom. The van der Waals surface area contributed by atoms with E-state index in [-0.39, 0.29) is 78.6 Å². The molecule has 4 heteroatoms. The molecule has 0 fully saturated rings. The van der Waals surface area contributed by atoms with Gasteiger partial charge in [-0.2, -0.15) is 13.5 Å². The van der Waals surface area contributed by atoms with Crippen LogP contribution in [-0.4, -0.2) is 45.6 Å². The van der Waals surface area contributed by atoms with E-state index in [9.17, 15) is 0 Å². The van der Waals surface area contributed by atoms with Crippen molar-refractivity contribution in [1.82, 2.24) is 0 Å². The maximum Gasteiger partial charge on any atom is 0 e. The van der Waals surface area contributed by atoms with E-state index in [2.05, 4.69) is 0 Å². The Labute approximate surface area is 77.5 Å². The Morgan fingerprint density at radius 3 is 1.00 bits per heavy atom. The Kier molecular flexibility index (Phi) is 141. The first-order chi connectivity index (χ1) is 0. The molecular formula is H8GaInSZn. The van der Waals surface area contributed by atoms with Crippen molar-refractivity contribution in [1.29, 1.82) is 0 Å². The summed E-state index contributed by atoms with van der Waals surface area (Å²) in [6, 6.07) is 0. The van der Waals surface area contributed by atoms with E-state index < -0.39 is 0 Å². The maximum atomic E-state index is 0. The molecule has 0 spiro atoms. The molecule has 0 amide bonds. The van der Waals surface area contributed by atoms with Crippen LogP contribution in [0.3, 0.4) is 0 Å². The summed E-state index contributed by atoms with van der Waals surface area (Å²) in [5, 5.41) is 0. The molecule has 0 aromatic heterocycles. The fourth-order valence-electron chi connectivity index (χ4n) is 0. The van der Waals surface area contributed by atoms with Crippen LogP contribution in [0, 0.1) is 0 Å². The van der Waals surface area contributed by atoms with E-state index in [1.807, 2.05) is 0 Å². The van der Waals surface area contributed by atoms with Gasteiger partial charge in [0.2, 0.25) is 0 Å². The standard InChI is InChI=1S/Ga.In.H2S.Zn.6H/h;;1H2;;;;;;;. The summed E-state index contributed by atoms with van der Waals surface area (Å²) in [5.74, 6) is 0. The molecule has 0 saturated carbocycles. The average molecular weight is 290 g/mol. The van der Waals surface area contributed by atoms with Gasteiger partial charge in [-0.15, -0.1) is 0 Å². The molecule has 0 aromatic rings. The second-order valence-electron chi connectivity index (χ2n) is 0. The second kappa shape index (κ2) is 17.9. The van der Waals surface area contributed by atoms with Gasteiger partial charge in [0.25, 0.3) is 0 Å². The van der Waals surface area contributed by atoms with Crippen LogP contribution in [0.5, 0.6) is 0 Å². The second-order valence-corrected chi connectivity index (χ2v) is 0. The number of rotatable bonds is 0. The minimum atomic E-state index is 0. The summed E-state index contributed by atoms with van der Waals surface area (Å²) < 4.78 is 0. The van der Waals surface area contributed by atoms with Crippen LogP contribution in [0.25, 0.3) is 0 Å². The van der Waals surface area contributed by atoms with Crippen LogP contribution in [0.4, 0.5) is 0 Å². The van der Waals surface area contributed by atoms with Crippen LogP contribution < -0.4 is 0 Å². The predicted molar refractivity (Wildman–Crippen MR) is 30.3 cm³/mol. The van der Waals surface area contributed by atoms with E-state index in [4.69, 9.17) is 0 Å². The third-order valence-electron chi connectivity index (χ3n) is 0. The van der Waals surface area contributed by atoms with Gasteiger partial charge in [0.05, 0.1) is 0 Å². The van der Waals surface area contributed by atoms with Crippen LogP contribution in [0.2, 0.25) is 0 Å². The van der Waals surface area contributed by atoms with Gasteiger partial charge in [-0.05, 0) is 0 Å². The maximum absolute atomic E-state index is 0. The predicted octanol–water partition coefficient (Wildman–Crippen LogP) is -2.26. The first-order valence-corrected chi connectivity index (χ1v) is 0. The number of hydrogen-bond acceptors (Lipinski definition) is 0. The van der Waals surface area contributed by atoms with Gasteiger partial charge in [0.15, 0.2) is 0 Å². The van der Waals surface area contributed by atoms with Crippen molar-refractivity contribution >= 4 is 59.1 Å². The zero-order valence-electron chi connectivity index (χ0n) is 1.21. The zero-order valence-corrected chi connectivity index (χ0v) is 5.17. The van der Waals surface area contributed by atoms with Crippen molar-refractivity contribution in [2.45, 2.75) is 0 Å². The Morgan fingerprint density at radius 2 is 1.00 bits per heavy atom. The molecule has 0 aromatic carbocycles. The Hall–Kier alpha value is 2.48. The van der Waals surface area contributed by atoms with E-state index in [0.29, 0.717) is 0 Å². The van der Waals surface area contributed by atoms with Crippen molar-refractivity contribution in [3.8, 4) is 0 Å². The van der Waals surface area contributed by atoms with Gasteiger partial charge in [0, 0.05) is 19.5 Å². The minimum Gasteiger partial charge on any atom is 0 e. The monoisotopic (exact) mass is 288 g/mol. The summed E-state index contributed by atoms with van der Waals surface area (Å²) in [4.78, 5) is 0. The van der Waals surface area contributed by atoms with Gasteiger partial charge in [-0.1, -0.05) is 0 Å². The summed E-state index contributed by atoms with van der Waals surface area (Å²) in [6.07, 6.45) is 0. The fourth-order valence-corrected chi connectivity index (χ4v) is 0. The molecule has 0 heterocycles. The van der Waals surface area contributed by atoms with Gasteiger partial charge < -0.3 is 0 Å². The van der Waals surface area contributed by atoms with Crippen LogP contribution >= 0.6 is 13.5 Å². The normalized spacial score (nSPS) is 0. The summed E-state index contributed by atoms with van der Waals surface area (Å²) in [5.41, 5.74) is 0. The summed E-state index contributed by atoms with van der Waals surface area (Å²) >= 11 is 0. The van der Waals surface area contributed by atoms with E-state index in [1.54, 1.807) is 0 Å². The number of hydrogen-bond donors (Lipinski definition) is 0. The average Bonchev–Trinajstić information content (AvgIpc) is 0. The molecule has 0 bridgehead atoms. The van der Waals surface area contributed by atoms with Gasteiger partial charge in [-0.25, -0.2) is 0 Å². The van der Waals surface area contributed by atoms with Crippen molar-refractivity contribution in [2.24, 2.45) is 0 Å². The molecule has 0 radical (unpaired) electrons. The minimum absolute atomic E-state index is 0. The molecule has 0 aliphatic rings. The van der Waals surface area contributed by atoms with Crippen molar-refractivity contribution < 1.29 is 19.5 Å². The summed E-state index contributed by atoms with van der Waals surface area (Å²) in [7, 11) is 0. The van der Waals surface area contributed by atoms with E-state index in [0.717, 1.165) is 0 Å². The SMILES string of the molecule is S.[GaH3].[InH3].[Zn]. The van der Waals surface area contributed by atoms with Gasteiger partial charge >= 0.3 is 45.6 Å². The first-order valence-electron chi connectivity index (χ1n) is 0. The largest absolute Gasteiger partial charge is 0 e. The van der Waals surface area contributed by atoms with E-state index >= 15 is 0 Å². The Balaban J connectivity index is 0. The molecule has 22 valence electrons. The van der Waals surface area contributed by atoms with Crippen molar-refractivity contribution in [3.05, 3.63) is 0 Å². The summed E-state index contributed by atoms with van der Waals surface area (Å²) in [6.45, 7) is 0. The molecular weight excluding hydrogens is 282 g/mol. The topological polar surface area (TPSA) is 0 Å². The molecule has 4 heavy (non-hydrogen) atoms. The molecule has 0 aliphatic heterocycles. The third-order valence-corrected chi connectivity index (χ3v) is 0. The smallest absolute Gasteiger partial charge is 0 e. The van der Waals surface area contributed by atoms with E-state index in [1.165, 1.54) is 0 Å².